The SMILES string of the molecule is OC1CCC(N2CCC3(CCN(c4ccc(C(F)(F)F)cn4)CC3)C2)CC1. The zero-order valence-corrected chi connectivity index (χ0v) is 15.6. The van der Waals surface area contributed by atoms with Crippen molar-refractivity contribution >= 4 is 5.82 Å². The number of rotatable bonds is 2. The zero-order chi connectivity index (χ0) is 19.1. The Hall–Kier alpha value is -1.34. The van der Waals surface area contributed by atoms with Gasteiger partial charge < -0.3 is 10.0 Å². The average molecular weight is 383 g/mol. The fourth-order valence-electron chi connectivity index (χ4n) is 5.06. The summed E-state index contributed by atoms with van der Waals surface area (Å²) < 4.78 is 38.1. The normalized spacial score (nSPS) is 29.4. The number of anilines is 1. The van der Waals surface area contributed by atoms with E-state index in [1.165, 1.54) is 12.5 Å². The van der Waals surface area contributed by atoms with Crippen LogP contribution in [-0.2, 0) is 6.18 Å². The number of aromatic nitrogens is 1. The van der Waals surface area contributed by atoms with E-state index in [9.17, 15) is 18.3 Å². The molecule has 4 nitrogen and oxygen atoms in total. The summed E-state index contributed by atoms with van der Waals surface area (Å²) in [7, 11) is 0. The predicted octanol–water partition coefficient (Wildman–Crippen LogP) is 3.70. The maximum Gasteiger partial charge on any atom is 0.417 e. The monoisotopic (exact) mass is 383 g/mol. The lowest BCUT2D eigenvalue weighted by molar-refractivity contribution is -0.137. The van der Waals surface area contributed by atoms with Gasteiger partial charge in [-0.1, -0.05) is 0 Å². The molecule has 1 saturated carbocycles. The van der Waals surface area contributed by atoms with Crippen molar-refractivity contribution in [1.82, 2.24) is 9.88 Å². The second kappa shape index (κ2) is 7.24. The van der Waals surface area contributed by atoms with Crippen LogP contribution in [0.5, 0.6) is 0 Å². The summed E-state index contributed by atoms with van der Waals surface area (Å²) in [6, 6.07) is 3.23. The first-order valence-electron chi connectivity index (χ1n) is 10.1. The maximum absolute atomic E-state index is 12.7. The number of aliphatic hydroxyl groups is 1. The molecule has 0 amide bonds. The Labute approximate surface area is 158 Å². The van der Waals surface area contributed by atoms with Gasteiger partial charge in [-0.05, 0) is 69.0 Å². The van der Waals surface area contributed by atoms with E-state index in [0.717, 1.165) is 77.0 Å². The van der Waals surface area contributed by atoms with Gasteiger partial charge in [0.25, 0.3) is 0 Å². The molecule has 0 atom stereocenters. The molecule has 4 rings (SSSR count). The number of likely N-dealkylation sites (tertiary alicyclic amines) is 1. The molecule has 1 spiro atoms. The molecular weight excluding hydrogens is 355 g/mol. The van der Waals surface area contributed by atoms with Crippen LogP contribution < -0.4 is 4.90 Å². The minimum absolute atomic E-state index is 0.114. The molecule has 7 heteroatoms. The van der Waals surface area contributed by atoms with Crippen molar-refractivity contribution in [1.29, 1.82) is 0 Å². The molecule has 1 aliphatic carbocycles. The van der Waals surface area contributed by atoms with Gasteiger partial charge in [-0.15, -0.1) is 0 Å². The number of pyridine rings is 1. The Morgan fingerprint density at radius 1 is 1.00 bits per heavy atom. The number of hydrogen-bond acceptors (Lipinski definition) is 4. The summed E-state index contributed by atoms with van der Waals surface area (Å²) in [6.07, 6.45) is 3.87. The van der Waals surface area contributed by atoms with E-state index in [-0.39, 0.29) is 6.10 Å². The molecule has 0 unspecified atom stereocenters. The van der Waals surface area contributed by atoms with Crippen molar-refractivity contribution in [2.75, 3.05) is 31.1 Å². The Bertz CT molecular complexity index is 633. The van der Waals surface area contributed by atoms with Crippen LogP contribution >= 0.6 is 0 Å². The van der Waals surface area contributed by atoms with Crippen molar-refractivity contribution in [3.63, 3.8) is 0 Å². The molecule has 1 aromatic rings. The highest BCUT2D eigenvalue weighted by Crippen LogP contribution is 2.43. The lowest BCUT2D eigenvalue weighted by Gasteiger charge is -2.41. The third-order valence-electron chi connectivity index (χ3n) is 6.87. The Morgan fingerprint density at radius 3 is 2.26 bits per heavy atom. The molecule has 3 fully saturated rings. The topological polar surface area (TPSA) is 39.6 Å². The van der Waals surface area contributed by atoms with Crippen molar-refractivity contribution < 1.29 is 18.3 Å². The zero-order valence-electron chi connectivity index (χ0n) is 15.6. The fraction of sp³-hybridized carbons (Fsp3) is 0.750. The van der Waals surface area contributed by atoms with E-state index >= 15 is 0 Å². The van der Waals surface area contributed by atoms with Crippen LogP contribution in [0.15, 0.2) is 18.3 Å². The minimum atomic E-state index is -4.33. The molecule has 3 heterocycles. The number of aliphatic hydroxyl groups excluding tert-OH is 1. The molecule has 0 bridgehead atoms. The Morgan fingerprint density at radius 2 is 1.67 bits per heavy atom. The number of hydrogen-bond donors (Lipinski definition) is 1. The van der Waals surface area contributed by atoms with Gasteiger partial charge in [0.2, 0.25) is 0 Å². The summed E-state index contributed by atoms with van der Waals surface area (Å²) in [6.45, 7) is 3.98. The lowest BCUT2D eigenvalue weighted by Crippen LogP contribution is -2.44. The fourth-order valence-corrected chi connectivity index (χ4v) is 5.06. The number of piperidine rings is 1. The lowest BCUT2D eigenvalue weighted by atomic mass is 9.77. The van der Waals surface area contributed by atoms with Gasteiger partial charge in [0.15, 0.2) is 0 Å². The van der Waals surface area contributed by atoms with Crippen LogP contribution in [0, 0.1) is 5.41 Å². The van der Waals surface area contributed by atoms with E-state index in [2.05, 4.69) is 14.8 Å². The van der Waals surface area contributed by atoms with Crippen LogP contribution in [0.3, 0.4) is 0 Å². The van der Waals surface area contributed by atoms with Crippen molar-refractivity contribution in [2.45, 2.75) is 63.3 Å². The van der Waals surface area contributed by atoms with Gasteiger partial charge in [-0.2, -0.15) is 13.2 Å². The molecule has 1 N–H and O–H groups in total. The minimum Gasteiger partial charge on any atom is -0.393 e. The highest BCUT2D eigenvalue weighted by molar-refractivity contribution is 5.40. The Kier molecular flexibility index (Phi) is 5.10. The molecule has 0 radical (unpaired) electrons. The van der Waals surface area contributed by atoms with Gasteiger partial charge in [-0.3, -0.25) is 4.90 Å². The summed E-state index contributed by atoms with van der Waals surface area (Å²) >= 11 is 0. The third kappa shape index (κ3) is 4.09. The van der Waals surface area contributed by atoms with Crippen molar-refractivity contribution in [2.24, 2.45) is 5.41 Å². The molecule has 2 saturated heterocycles. The summed E-state index contributed by atoms with van der Waals surface area (Å²) in [5.74, 6) is 0.647. The second-order valence-electron chi connectivity index (χ2n) is 8.57. The first-order chi connectivity index (χ1) is 12.8. The maximum atomic E-state index is 12.7. The van der Waals surface area contributed by atoms with Crippen LogP contribution in [0.4, 0.5) is 19.0 Å². The van der Waals surface area contributed by atoms with E-state index in [1.807, 2.05) is 0 Å². The predicted molar refractivity (Wildman–Crippen MR) is 97.6 cm³/mol. The summed E-state index contributed by atoms with van der Waals surface area (Å²) in [5.41, 5.74) is -0.345. The summed E-state index contributed by atoms with van der Waals surface area (Å²) in [4.78, 5) is 8.79. The van der Waals surface area contributed by atoms with E-state index in [0.29, 0.717) is 17.3 Å². The van der Waals surface area contributed by atoms with Gasteiger partial charge in [0.05, 0.1) is 11.7 Å². The molecule has 150 valence electrons. The molecule has 2 aliphatic heterocycles. The van der Waals surface area contributed by atoms with E-state index in [1.54, 1.807) is 0 Å². The third-order valence-corrected chi connectivity index (χ3v) is 6.87. The number of alkyl halides is 3. The van der Waals surface area contributed by atoms with Gasteiger partial charge in [0.1, 0.15) is 5.82 Å². The van der Waals surface area contributed by atoms with Gasteiger partial charge >= 0.3 is 6.18 Å². The van der Waals surface area contributed by atoms with Crippen LogP contribution in [-0.4, -0.2) is 53.3 Å². The van der Waals surface area contributed by atoms with Gasteiger partial charge in [-0.25, -0.2) is 4.98 Å². The first-order valence-corrected chi connectivity index (χ1v) is 10.1. The first kappa shape index (κ1) is 19.0. The number of nitrogens with zero attached hydrogens (tertiary/aromatic N) is 3. The van der Waals surface area contributed by atoms with Crippen molar-refractivity contribution in [3.8, 4) is 0 Å². The largest absolute Gasteiger partial charge is 0.417 e. The van der Waals surface area contributed by atoms with Crippen LogP contribution in [0.2, 0.25) is 0 Å². The van der Waals surface area contributed by atoms with Crippen molar-refractivity contribution in [3.05, 3.63) is 23.9 Å². The van der Waals surface area contributed by atoms with Crippen LogP contribution in [0.1, 0.15) is 50.5 Å². The van der Waals surface area contributed by atoms with E-state index < -0.39 is 11.7 Å². The quantitative estimate of drug-likeness (QED) is 0.845. The number of halogens is 3. The highest BCUT2D eigenvalue weighted by atomic mass is 19.4. The second-order valence-corrected chi connectivity index (χ2v) is 8.57. The molecule has 27 heavy (non-hydrogen) atoms. The molecular formula is C20H28F3N3O. The molecule has 1 aromatic heterocycles. The highest BCUT2D eigenvalue weighted by Gasteiger charge is 2.43. The Balaban J connectivity index is 1.32. The van der Waals surface area contributed by atoms with E-state index in [4.69, 9.17) is 0 Å². The van der Waals surface area contributed by atoms with Gasteiger partial charge in [0, 0.05) is 31.9 Å². The standard InChI is InChI=1S/C20H28F3N3O/c21-20(22,23)15-1-6-18(24-13-15)25-10-7-19(8-11-25)9-12-26(14-19)16-2-4-17(27)5-3-16/h1,6,13,16-17,27H,2-5,7-12,14H2. The van der Waals surface area contributed by atoms with Crippen LogP contribution in [0.25, 0.3) is 0 Å². The summed E-state index contributed by atoms with van der Waals surface area (Å²) in [5, 5.41) is 9.72. The average Bonchev–Trinajstić information content (AvgIpc) is 3.06. The molecule has 3 aliphatic rings. The molecule has 0 aromatic carbocycles. The smallest absolute Gasteiger partial charge is 0.393 e.